The van der Waals surface area contributed by atoms with Crippen molar-refractivity contribution in [3.05, 3.63) is 28.8 Å². The number of rotatable bonds is 3. The quantitative estimate of drug-likeness (QED) is 0.897. The molecule has 20 heavy (non-hydrogen) atoms. The maximum absolute atomic E-state index is 11.5. The van der Waals surface area contributed by atoms with Crippen LogP contribution in [0, 0.1) is 0 Å². The summed E-state index contributed by atoms with van der Waals surface area (Å²) >= 11 is -2.24. The Balaban J connectivity index is 3.73. The molecule has 0 atom stereocenters. The van der Waals surface area contributed by atoms with Gasteiger partial charge in [-0.3, -0.25) is 0 Å². The Morgan fingerprint density at radius 1 is 1.10 bits per heavy atom. The summed E-state index contributed by atoms with van der Waals surface area (Å²) in [5.74, 6) is -0.788. The first-order chi connectivity index (χ1) is 8.98. The molecule has 4 nitrogen and oxygen atoms in total. The zero-order chi connectivity index (χ0) is 15.7. The normalized spacial score (nSPS) is 11.9. The van der Waals surface area contributed by atoms with Crippen molar-refractivity contribution in [2.45, 2.75) is 52.4 Å². The minimum absolute atomic E-state index is 0.0964. The van der Waals surface area contributed by atoms with E-state index in [0.29, 0.717) is 0 Å². The molecule has 1 N–H and O–H groups in total. The van der Waals surface area contributed by atoms with Crippen molar-refractivity contribution in [1.29, 1.82) is 0 Å². The molecule has 0 amide bonds. The predicted octanol–water partition coefficient (Wildman–Crippen LogP) is 3.70. The summed E-state index contributed by atoms with van der Waals surface area (Å²) in [7, 11) is 0. The standard InChI is InChI=1S/C15H22O3.O.Zr/c1-14(2,3)9-7-10(13(17)18)12(16)11(8-9)15(4,5)6;;/h7-8,16H,1-6H3,(H,17,18);;/q;;+1/p-1. The average molecular weight is 357 g/mol. The summed E-state index contributed by atoms with van der Waals surface area (Å²) in [5, 5.41) is 9.41. The molecule has 109 valence electrons. The van der Waals surface area contributed by atoms with Gasteiger partial charge in [-0.1, -0.05) is 0 Å². The molecule has 0 spiro atoms. The van der Waals surface area contributed by atoms with Crippen LogP contribution in [0.4, 0.5) is 0 Å². The Kier molecular flexibility index (Phi) is 5.07. The fourth-order valence-corrected chi connectivity index (χ4v) is 2.67. The Bertz CT molecular complexity index is 536. The van der Waals surface area contributed by atoms with E-state index in [9.17, 15) is 12.7 Å². The van der Waals surface area contributed by atoms with E-state index in [4.69, 9.17) is 2.81 Å². The van der Waals surface area contributed by atoms with Crippen LogP contribution in [-0.2, 0) is 37.3 Å². The third-order valence-corrected chi connectivity index (χ3v) is 3.84. The third kappa shape index (κ3) is 3.85. The second-order valence-electron chi connectivity index (χ2n) is 6.89. The van der Waals surface area contributed by atoms with E-state index < -0.39 is 29.6 Å². The van der Waals surface area contributed by atoms with E-state index in [2.05, 4.69) is 0 Å². The first-order valence-electron chi connectivity index (χ1n) is 6.44. The fourth-order valence-electron chi connectivity index (χ4n) is 1.93. The number of carboxylic acids is 1. The average Bonchev–Trinajstić information content (AvgIpc) is 2.26. The van der Waals surface area contributed by atoms with E-state index in [1.807, 2.05) is 47.6 Å². The summed E-state index contributed by atoms with van der Waals surface area (Å²) in [6.45, 7) is 12.1. The molecule has 0 bridgehead atoms. The van der Waals surface area contributed by atoms with Gasteiger partial charge in [0, 0.05) is 0 Å². The van der Waals surface area contributed by atoms with E-state index in [-0.39, 0.29) is 22.1 Å². The molecule has 1 rings (SSSR count). The monoisotopic (exact) mass is 355 g/mol. The third-order valence-electron chi connectivity index (χ3n) is 3.14. The van der Waals surface area contributed by atoms with Crippen LogP contribution < -0.4 is 2.81 Å². The number of carbonyl (C=O) groups is 1. The molecule has 0 fully saturated rings. The molecule has 5 heteroatoms. The summed E-state index contributed by atoms with van der Waals surface area (Å²) in [5.41, 5.74) is 1.37. The summed E-state index contributed by atoms with van der Waals surface area (Å²) in [6.07, 6.45) is 0. The molecular formula is C15H21O4Zr. The number of aromatic carboxylic acids is 1. The van der Waals surface area contributed by atoms with Crippen molar-refractivity contribution in [2.24, 2.45) is 0 Å². The number of benzene rings is 1. The van der Waals surface area contributed by atoms with Crippen molar-refractivity contribution in [3.8, 4) is 5.75 Å². The van der Waals surface area contributed by atoms with Crippen molar-refractivity contribution >= 4 is 5.97 Å². The number of hydrogen-bond donors (Lipinski definition) is 1. The molecule has 0 aliphatic carbocycles. The van der Waals surface area contributed by atoms with E-state index in [1.165, 1.54) is 0 Å². The summed E-state index contributed by atoms with van der Waals surface area (Å²) in [4.78, 5) is 11.5. The zero-order valence-corrected chi connectivity index (χ0v) is 15.3. The second-order valence-corrected chi connectivity index (χ2v) is 7.80. The SMILES string of the molecule is CC(C)(C)c1cc(C(=O)O)c([O][Zr]=[O])c(C(C)(C)C)c1. The maximum atomic E-state index is 11.5. The Labute approximate surface area is 132 Å². The van der Waals surface area contributed by atoms with Crippen LogP contribution in [0.3, 0.4) is 0 Å². The second kappa shape index (κ2) is 5.89. The van der Waals surface area contributed by atoms with Crippen LogP contribution in [0.15, 0.2) is 12.1 Å². The molecule has 0 aliphatic rings. The Morgan fingerprint density at radius 3 is 2.00 bits per heavy atom. The van der Waals surface area contributed by atoms with Crippen LogP contribution in [-0.4, -0.2) is 11.1 Å². The van der Waals surface area contributed by atoms with Gasteiger partial charge >= 0.3 is 132 Å². The molecule has 0 unspecified atom stereocenters. The van der Waals surface area contributed by atoms with E-state index in [1.54, 1.807) is 6.07 Å². The van der Waals surface area contributed by atoms with Crippen LogP contribution in [0.1, 0.15) is 63.0 Å². The molecule has 0 aliphatic heterocycles. The minimum atomic E-state index is -2.24. The first kappa shape index (κ1) is 17.2. The summed E-state index contributed by atoms with van der Waals surface area (Å²) < 4.78 is 16.2. The van der Waals surface area contributed by atoms with Crippen LogP contribution in [0.5, 0.6) is 5.75 Å². The van der Waals surface area contributed by atoms with E-state index >= 15 is 0 Å². The van der Waals surface area contributed by atoms with Gasteiger partial charge in [-0.15, -0.1) is 0 Å². The topological polar surface area (TPSA) is 63.6 Å². The molecule has 0 saturated heterocycles. The predicted molar refractivity (Wildman–Crippen MR) is 72.1 cm³/mol. The van der Waals surface area contributed by atoms with Gasteiger partial charge in [-0.05, 0) is 0 Å². The van der Waals surface area contributed by atoms with Gasteiger partial charge in [0.25, 0.3) is 0 Å². The molecule has 0 saturated carbocycles. The van der Waals surface area contributed by atoms with E-state index in [0.717, 1.165) is 11.1 Å². The van der Waals surface area contributed by atoms with Crippen molar-refractivity contribution in [2.75, 3.05) is 0 Å². The first-order valence-corrected chi connectivity index (χ1v) is 8.45. The Hall–Kier alpha value is -0.827. The van der Waals surface area contributed by atoms with Gasteiger partial charge < -0.3 is 0 Å². The van der Waals surface area contributed by atoms with Gasteiger partial charge in [-0.2, -0.15) is 0 Å². The molecule has 0 heterocycles. The molecule has 1 aromatic rings. The van der Waals surface area contributed by atoms with Crippen LogP contribution in [0.25, 0.3) is 0 Å². The molecular weight excluding hydrogens is 335 g/mol. The van der Waals surface area contributed by atoms with Gasteiger partial charge in [-0.25, -0.2) is 0 Å². The molecule has 0 aromatic heterocycles. The van der Waals surface area contributed by atoms with Crippen LogP contribution in [0.2, 0.25) is 0 Å². The van der Waals surface area contributed by atoms with Gasteiger partial charge in [0.2, 0.25) is 0 Å². The summed E-state index contributed by atoms with van der Waals surface area (Å²) in [6, 6.07) is 3.60. The number of hydrogen-bond acceptors (Lipinski definition) is 3. The van der Waals surface area contributed by atoms with Crippen molar-refractivity contribution in [3.63, 3.8) is 0 Å². The number of carboxylic acid groups (broad SMARTS) is 1. The van der Waals surface area contributed by atoms with Crippen molar-refractivity contribution < 1.29 is 39.2 Å². The molecule has 1 aromatic carbocycles. The van der Waals surface area contributed by atoms with Crippen molar-refractivity contribution in [1.82, 2.24) is 0 Å². The van der Waals surface area contributed by atoms with Gasteiger partial charge in [0.15, 0.2) is 0 Å². The van der Waals surface area contributed by atoms with Gasteiger partial charge in [0.05, 0.1) is 0 Å². The zero-order valence-electron chi connectivity index (χ0n) is 12.8. The Morgan fingerprint density at radius 2 is 1.65 bits per heavy atom. The molecule has 0 radical (unpaired) electrons. The van der Waals surface area contributed by atoms with Crippen LogP contribution >= 0.6 is 0 Å². The fraction of sp³-hybridized carbons (Fsp3) is 0.533. The van der Waals surface area contributed by atoms with Gasteiger partial charge in [0.1, 0.15) is 0 Å².